The molecule has 34 heavy (non-hydrogen) atoms. The molecule has 1 aromatic carbocycles. The standard InChI is InChI=1S/C25H33N3O6/c1-4-17-7-9-18(10-8-17)23(32)27-24(33)19(14-20(29)5-2)15-21(30)26-11-6-12-28-22(31)13-16(3)25(28)34/h7-10,16,19H,4-6,11-15H2,1-3H3,(H,26,30)(H,27,32,33). The van der Waals surface area contributed by atoms with Gasteiger partial charge in [-0.1, -0.05) is 32.9 Å². The minimum absolute atomic E-state index is 0.146. The highest BCUT2D eigenvalue weighted by Crippen LogP contribution is 2.18. The van der Waals surface area contributed by atoms with Crippen LogP contribution in [0.4, 0.5) is 0 Å². The second-order valence-electron chi connectivity index (χ2n) is 8.56. The van der Waals surface area contributed by atoms with E-state index in [-0.39, 0.29) is 62.3 Å². The summed E-state index contributed by atoms with van der Waals surface area (Å²) in [5, 5.41) is 4.95. The van der Waals surface area contributed by atoms with Crippen molar-refractivity contribution in [3.05, 3.63) is 35.4 Å². The van der Waals surface area contributed by atoms with Crippen LogP contribution < -0.4 is 10.6 Å². The average molecular weight is 472 g/mol. The summed E-state index contributed by atoms with van der Waals surface area (Å²) < 4.78 is 0. The number of ketones is 1. The lowest BCUT2D eigenvalue weighted by Crippen LogP contribution is -2.39. The number of carbonyl (C=O) groups is 6. The molecule has 1 aliphatic heterocycles. The van der Waals surface area contributed by atoms with Crippen LogP contribution in [0.2, 0.25) is 0 Å². The van der Waals surface area contributed by atoms with Gasteiger partial charge in [0.05, 0.1) is 5.92 Å². The molecule has 2 atom stereocenters. The van der Waals surface area contributed by atoms with Crippen LogP contribution in [0.5, 0.6) is 0 Å². The van der Waals surface area contributed by atoms with E-state index in [9.17, 15) is 28.8 Å². The second kappa shape index (κ2) is 12.8. The zero-order chi connectivity index (χ0) is 25.3. The van der Waals surface area contributed by atoms with Crippen molar-refractivity contribution in [3.63, 3.8) is 0 Å². The second-order valence-corrected chi connectivity index (χ2v) is 8.56. The predicted octanol–water partition coefficient (Wildman–Crippen LogP) is 1.78. The van der Waals surface area contributed by atoms with Crippen LogP contribution in [0.3, 0.4) is 0 Å². The number of imide groups is 2. The van der Waals surface area contributed by atoms with Crippen molar-refractivity contribution in [2.75, 3.05) is 13.1 Å². The zero-order valence-corrected chi connectivity index (χ0v) is 20.0. The summed E-state index contributed by atoms with van der Waals surface area (Å²) in [6.45, 7) is 5.79. The van der Waals surface area contributed by atoms with Gasteiger partial charge in [0.1, 0.15) is 5.78 Å². The van der Waals surface area contributed by atoms with Gasteiger partial charge < -0.3 is 5.32 Å². The molecule has 0 aromatic heterocycles. The van der Waals surface area contributed by atoms with E-state index in [2.05, 4.69) is 10.6 Å². The molecule has 5 amide bonds. The molecule has 9 nitrogen and oxygen atoms in total. The molecule has 1 aliphatic rings. The average Bonchev–Trinajstić information content (AvgIpc) is 3.06. The van der Waals surface area contributed by atoms with Crippen LogP contribution in [-0.2, 0) is 30.4 Å². The molecule has 1 fully saturated rings. The fourth-order valence-electron chi connectivity index (χ4n) is 3.70. The van der Waals surface area contributed by atoms with E-state index >= 15 is 0 Å². The van der Waals surface area contributed by atoms with Crippen LogP contribution in [0, 0.1) is 11.8 Å². The number of rotatable bonds is 12. The molecule has 1 aromatic rings. The third-order valence-corrected chi connectivity index (χ3v) is 5.88. The van der Waals surface area contributed by atoms with E-state index in [0.29, 0.717) is 12.0 Å². The number of Topliss-reactive ketones (excluding diaryl/α,β-unsaturated/α-hetero) is 1. The van der Waals surface area contributed by atoms with Gasteiger partial charge in [-0.2, -0.15) is 0 Å². The summed E-state index contributed by atoms with van der Waals surface area (Å²) in [7, 11) is 0. The maximum Gasteiger partial charge on any atom is 0.257 e. The Morgan fingerprint density at radius 2 is 1.74 bits per heavy atom. The third-order valence-electron chi connectivity index (χ3n) is 5.88. The van der Waals surface area contributed by atoms with Crippen LogP contribution in [0.25, 0.3) is 0 Å². The number of aryl methyl sites for hydroxylation is 1. The molecular formula is C25H33N3O6. The number of hydrogen-bond donors (Lipinski definition) is 2. The lowest BCUT2D eigenvalue weighted by Gasteiger charge is -2.17. The lowest BCUT2D eigenvalue weighted by atomic mass is 9.96. The van der Waals surface area contributed by atoms with Gasteiger partial charge in [-0.25, -0.2) is 0 Å². The molecule has 1 saturated heterocycles. The third kappa shape index (κ3) is 7.60. The van der Waals surface area contributed by atoms with Crippen LogP contribution in [-0.4, -0.2) is 53.3 Å². The first-order valence-electron chi connectivity index (χ1n) is 11.7. The van der Waals surface area contributed by atoms with E-state index in [4.69, 9.17) is 0 Å². The van der Waals surface area contributed by atoms with Crippen molar-refractivity contribution in [3.8, 4) is 0 Å². The largest absolute Gasteiger partial charge is 0.356 e. The zero-order valence-electron chi connectivity index (χ0n) is 20.0. The first kappa shape index (κ1) is 26.9. The molecule has 184 valence electrons. The number of benzene rings is 1. The number of nitrogens with zero attached hydrogens (tertiary/aromatic N) is 1. The monoisotopic (exact) mass is 471 g/mol. The molecule has 2 rings (SSSR count). The minimum atomic E-state index is -0.978. The number of nitrogens with one attached hydrogen (secondary N) is 2. The summed E-state index contributed by atoms with van der Waals surface area (Å²) in [4.78, 5) is 74.4. The molecule has 0 aliphatic carbocycles. The summed E-state index contributed by atoms with van der Waals surface area (Å²) in [5.41, 5.74) is 1.37. The van der Waals surface area contributed by atoms with Gasteiger partial charge in [0, 0.05) is 50.3 Å². The molecule has 2 N–H and O–H groups in total. The SMILES string of the molecule is CCC(=O)CC(CC(=O)NCCCN1C(=O)CC(C)C1=O)C(=O)NC(=O)c1ccc(CC)cc1. The smallest absolute Gasteiger partial charge is 0.257 e. The first-order valence-corrected chi connectivity index (χ1v) is 11.7. The minimum Gasteiger partial charge on any atom is -0.356 e. The fraction of sp³-hybridized carbons (Fsp3) is 0.520. The van der Waals surface area contributed by atoms with Gasteiger partial charge in [0.15, 0.2) is 0 Å². The molecule has 0 radical (unpaired) electrons. The summed E-state index contributed by atoms with van der Waals surface area (Å²) in [6.07, 6.45) is 1.22. The van der Waals surface area contributed by atoms with Gasteiger partial charge in [0.2, 0.25) is 23.6 Å². The summed E-state index contributed by atoms with van der Waals surface area (Å²) in [6, 6.07) is 6.84. The Morgan fingerprint density at radius 1 is 1.06 bits per heavy atom. The van der Waals surface area contributed by atoms with Gasteiger partial charge in [-0.3, -0.25) is 39.0 Å². The van der Waals surface area contributed by atoms with E-state index in [1.54, 1.807) is 38.1 Å². The maximum absolute atomic E-state index is 12.7. The summed E-state index contributed by atoms with van der Waals surface area (Å²) >= 11 is 0. The fourth-order valence-corrected chi connectivity index (χ4v) is 3.70. The Morgan fingerprint density at radius 3 is 2.29 bits per heavy atom. The Labute approximate surface area is 199 Å². The highest BCUT2D eigenvalue weighted by atomic mass is 16.2. The molecule has 2 unspecified atom stereocenters. The lowest BCUT2D eigenvalue weighted by molar-refractivity contribution is -0.139. The molecule has 9 heteroatoms. The van der Waals surface area contributed by atoms with Crippen molar-refractivity contribution >= 4 is 35.3 Å². The van der Waals surface area contributed by atoms with Gasteiger partial charge in [0.25, 0.3) is 5.91 Å². The number of amides is 5. The Bertz CT molecular complexity index is 940. The van der Waals surface area contributed by atoms with Crippen LogP contribution in [0.15, 0.2) is 24.3 Å². The van der Waals surface area contributed by atoms with Gasteiger partial charge in [-0.05, 0) is 30.5 Å². The van der Waals surface area contributed by atoms with Gasteiger partial charge in [-0.15, -0.1) is 0 Å². The van der Waals surface area contributed by atoms with Crippen molar-refractivity contribution < 1.29 is 28.8 Å². The molecular weight excluding hydrogens is 438 g/mol. The van der Waals surface area contributed by atoms with E-state index in [0.717, 1.165) is 12.0 Å². The molecule has 0 saturated carbocycles. The normalized spacial score (nSPS) is 16.3. The number of likely N-dealkylation sites (tertiary alicyclic amines) is 1. The number of carbonyl (C=O) groups excluding carboxylic acids is 6. The summed E-state index contributed by atoms with van der Waals surface area (Å²) in [5.74, 6) is -3.62. The topological polar surface area (TPSA) is 130 Å². The molecule has 1 heterocycles. The van der Waals surface area contributed by atoms with E-state index in [1.165, 1.54) is 4.90 Å². The maximum atomic E-state index is 12.7. The molecule has 0 bridgehead atoms. The van der Waals surface area contributed by atoms with Crippen LogP contribution in [0.1, 0.15) is 68.8 Å². The van der Waals surface area contributed by atoms with Gasteiger partial charge >= 0.3 is 0 Å². The van der Waals surface area contributed by atoms with Crippen molar-refractivity contribution in [1.29, 1.82) is 0 Å². The van der Waals surface area contributed by atoms with Crippen LogP contribution >= 0.6 is 0 Å². The Hall–Kier alpha value is -3.36. The van der Waals surface area contributed by atoms with Crippen molar-refractivity contribution in [2.24, 2.45) is 11.8 Å². The van der Waals surface area contributed by atoms with E-state index in [1.807, 2.05) is 6.92 Å². The Balaban J connectivity index is 1.88. The van der Waals surface area contributed by atoms with E-state index < -0.39 is 23.6 Å². The highest BCUT2D eigenvalue weighted by Gasteiger charge is 2.34. The van der Waals surface area contributed by atoms with Crippen molar-refractivity contribution in [2.45, 2.75) is 59.3 Å². The first-order chi connectivity index (χ1) is 16.2. The molecule has 0 spiro atoms. The van der Waals surface area contributed by atoms with Crippen molar-refractivity contribution in [1.82, 2.24) is 15.5 Å². The highest BCUT2D eigenvalue weighted by molar-refractivity contribution is 6.06. The quantitative estimate of drug-likeness (QED) is 0.353. The number of hydrogen-bond acceptors (Lipinski definition) is 6. The predicted molar refractivity (Wildman–Crippen MR) is 124 cm³/mol. The Kier molecular flexibility index (Phi) is 10.1.